The Kier molecular flexibility index (Phi) is 11.2. The summed E-state index contributed by atoms with van der Waals surface area (Å²) in [5.41, 5.74) is 3.07. The summed E-state index contributed by atoms with van der Waals surface area (Å²) in [4.78, 5) is 62.3. The molecule has 324 valence electrons. The zero-order valence-electron chi connectivity index (χ0n) is 34.3. The van der Waals surface area contributed by atoms with Crippen LogP contribution in [0.2, 0.25) is 0 Å². The minimum Gasteiger partial charge on any atom is -0.368 e. The van der Waals surface area contributed by atoms with Crippen molar-refractivity contribution in [3.8, 4) is 11.8 Å². The molecule has 4 aliphatic rings. The Morgan fingerprint density at radius 3 is 2.49 bits per heavy atom. The van der Waals surface area contributed by atoms with E-state index < -0.39 is 41.3 Å². The van der Waals surface area contributed by atoms with Crippen molar-refractivity contribution in [3.63, 3.8) is 0 Å². The molecule has 4 amide bonds. The number of nitrogens with one attached hydrogen (secondary N) is 2. The van der Waals surface area contributed by atoms with Crippen LogP contribution in [0.4, 0.5) is 28.9 Å². The van der Waals surface area contributed by atoms with E-state index in [4.69, 9.17) is 0 Å². The van der Waals surface area contributed by atoms with Crippen LogP contribution >= 0.6 is 0 Å². The summed E-state index contributed by atoms with van der Waals surface area (Å²) in [5, 5.41) is 9.17. The van der Waals surface area contributed by atoms with Gasteiger partial charge in [-0.1, -0.05) is 18.1 Å². The van der Waals surface area contributed by atoms with Gasteiger partial charge in [0, 0.05) is 90.6 Å². The highest BCUT2D eigenvalue weighted by molar-refractivity contribution is 6.06. The van der Waals surface area contributed by atoms with Crippen molar-refractivity contribution in [1.82, 2.24) is 34.6 Å². The highest BCUT2D eigenvalue weighted by Crippen LogP contribution is 2.39. The molecule has 3 fully saturated rings. The molecule has 63 heavy (non-hydrogen) atoms. The number of aryl methyl sites for hydroxylation is 1. The van der Waals surface area contributed by atoms with Gasteiger partial charge in [0.25, 0.3) is 11.8 Å². The zero-order valence-corrected chi connectivity index (χ0v) is 34.3. The molecular weight excluding hydrogens is 819 g/mol. The van der Waals surface area contributed by atoms with Gasteiger partial charge in [-0.25, -0.2) is 13.9 Å². The molecule has 1 unspecified atom stereocenters. The number of anilines is 2. The fourth-order valence-corrected chi connectivity index (χ4v) is 9.05. The summed E-state index contributed by atoms with van der Waals surface area (Å²) in [6.45, 7) is 5.51. The molecule has 4 aliphatic heterocycles. The highest BCUT2D eigenvalue weighted by Gasteiger charge is 2.41. The normalized spacial score (nSPS) is 18.9. The van der Waals surface area contributed by atoms with Crippen LogP contribution in [0.3, 0.4) is 0 Å². The lowest BCUT2D eigenvalue weighted by Crippen LogP contribution is -2.53. The number of rotatable bonds is 7. The van der Waals surface area contributed by atoms with Crippen LogP contribution in [-0.4, -0.2) is 104 Å². The first-order chi connectivity index (χ1) is 30.3. The van der Waals surface area contributed by atoms with Gasteiger partial charge in [0.15, 0.2) is 5.65 Å². The molecule has 2 N–H and O–H groups in total. The van der Waals surface area contributed by atoms with Crippen molar-refractivity contribution in [2.45, 2.75) is 64.0 Å². The van der Waals surface area contributed by atoms with E-state index in [1.165, 1.54) is 17.0 Å². The topological polar surface area (TPSA) is 135 Å². The number of alkyl halides is 3. The van der Waals surface area contributed by atoms with Crippen LogP contribution in [0.1, 0.15) is 79.9 Å². The lowest BCUT2D eigenvalue weighted by Gasteiger charge is -2.43. The van der Waals surface area contributed by atoms with Crippen LogP contribution in [0, 0.1) is 24.6 Å². The summed E-state index contributed by atoms with van der Waals surface area (Å²) < 4.78 is 61.2. The molecule has 3 saturated heterocycles. The quantitative estimate of drug-likeness (QED) is 0.126. The molecule has 0 saturated carbocycles. The Labute approximate surface area is 360 Å². The van der Waals surface area contributed by atoms with Gasteiger partial charge in [0.05, 0.1) is 18.3 Å². The fraction of sp³-hybridized carbons (Fsp3) is 0.348. The standard InChI is InChI=1S/C46H43F4N9O4/c1-28-4-5-30(23-29(28)6-9-34-25-51-40-3-2-16-52-59(34)40)43(61)53-32-8-11-38(37(24-32)46(48,49)50)57-21-19-56(20-22-57)33-14-17-55(18-15-33)26-31-7-10-35-36(42(31)47)27-58(45(35)63)39-12-13-41(60)54-44(39)62/h2-5,7-8,10-11,16,23-25,33,39H,12-15,17-22,26-27H2,1H3,(H,53,61)(H,54,60,62). The van der Waals surface area contributed by atoms with Crippen molar-refractivity contribution in [1.29, 1.82) is 0 Å². The molecule has 5 aromatic rings. The van der Waals surface area contributed by atoms with Gasteiger partial charge in [-0.05, 0) is 99.3 Å². The van der Waals surface area contributed by atoms with Crippen LogP contribution in [0.15, 0.2) is 73.1 Å². The second-order valence-corrected chi connectivity index (χ2v) is 16.4. The molecular formula is C46H43F4N9O4. The van der Waals surface area contributed by atoms with Crippen LogP contribution in [0.5, 0.6) is 0 Å². The Balaban J connectivity index is 0.793. The second kappa shape index (κ2) is 16.9. The molecule has 0 bridgehead atoms. The second-order valence-electron chi connectivity index (χ2n) is 16.4. The van der Waals surface area contributed by atoms with Gasteiger partial charge >= 0.3 is 6.18 Å². The van der Waals surface area contributed by atoms with Crippen molar-refractivity contribution < 1.29 is 36.7 Å². The summed E-state index contributed by atoms with van der Waals surface area (Å²) in [6.07, 6.45) is 0.501. The first-order valence-electron chi connectivity index (χ1n) is 20.9. The maximum Gasteiger partial charge on any atom is 0.418 e. The Morgan fingerprint density at radius 1 is 0.937 bits per heavy atom. The molecule has 17 heteroatoms. The number of amides is 4. The molecule has 0 radical (unpaired) electrons. The lowest BCUT2D eigenvalue weighted by atomic mass is 10.00. The van der Waals surface area contributed by atoms with Crippen LogP contribution in [-0.2, 0) is 28.9 Å². The predicted octanol–water partition coefficient (Wildman–Crippen LogP) is 5.40. The Morgan fingerprint density at radius 2 is 1.73 bits per heavy atom. The number of halogens is 4. The van der Waals surface area contributed by atoms with Crippen molar-refractivity contribution in [2.24, 2.45) is 0 Å². The maximum absolute atomic E-state index is 15.8. The average Bonchev–Trinajstić information content (AvgIpc) is 3.85. The smallest absolute Gasteiger partial charge is 0.368 e. The number of hydrogen-bond donors (Lipinski definition) is 2. The number of carbonyl (C=O) groups excluding carboxylic acids is 4. The molecule has 0 aliphatic carbocycles. The van der Waals surface area contributed by atoms with E-state index in [1.54, 1.807) is 64.3 Å². The Bertz CT molecular complexity index is 2710. The summed E-state index contributed by atoms with van der Waals surface area (Å²) in [7, 11) is 0. The number of nitrogens with zero attached hydrogens (tertiary/aromatic N) is 7. The SMILES string of the molecule is Cc1ccc(C(=O)Nc2ccc(N3CCN(C4CCN(Cc5ccc6c(c5F)CN(C5CCC(=O)NC5=O)C6=O)CC4)CC3)c(C(F)(F)F)c2)cc1C#Cc1cnc2cccnn12. The van der Waals surface area contributed by atoms with Gasteiger partial charge in [0.2, 0.25) is 11.8 Å². The Hall–Kier alpha value is -6.64. The molecule has 9 rings (SSSR count). The van der Waals surface area contributed by atoms with Crippen molar-refractivity contribution in [2.75, 3.05) is 49.5 Å². The summed E-state index contributed by atoms with van der Waals surface area (Å²) in [5.74, 6) is 3.73. The van der Waals surface area contributed by atoms with E-state index in [9.17, 15) is 32.3 Å². The van der Waals surface area contributed by atoms with E-state index >= 15 is 4.39 Å². The molecule has 1 atom stereocenters. The monoisotopic (exact) mass is 861 g/mol. The number of benzene rings is 3. The van der Waals surface area contributed by atoms with E-state index in [0.717, 1.165) is 24.5 Å². The van der Waals surface area contributed by atoms with Gasteiger partial charge in [-0.2, -0.15) is 18.3 Å². The third-order valence-corrected chi connectivity index (χ3v) is 12.5. The molecule has 2 aromatic heterocycles. The van der Waals surface area contributed by atoms with E-state index in [1.807, 2.05) is 6.92 Å². The number of likely N-dealkylation sites (tertiary alicyclic amines) is 1. The van der Waals surface area contributed by atoms with Gasteiger partial charge in [-0.15, -0.1) is 0 Å². The van der Waals surface area contributed by atoms with Gasteiger partial charge < -0.3 is 15.1 Å². The minimum absolute atomic E-state index is 0.0222. The summed E-state index contributed by atoms with van der Waals surface area (Å²) >= 11 is 0. The van der Waals surface area contributed by atoms with Gasteiger partial charge in [-0.3, -0.25) is 34.3 Å². The average molecular weight is 862 g/mol. The van der Waals surface area contributed by atoms with Crippen molar-refractivity contribution >= 4 is 40.7 Å². The van der Waals surface area contributed by atoms with E-state index in [2.05, 4.69) is 42.4 Å². The maximum atomic E-state index is 15.8. The number of piperidine rings is 2. The largest absolute Gasteiger partial charge is 0.418 e. The molecule has 13 nitrogen and oxygen atoms in total. The number of fused-ring (bicyclic) bond motifs is 2. The fourth-order valence-electron chi connectivity index (χ4n) is 9.05. The number of aromatic nitrogens is 3. The van der Waals surface area contributed by atoms with Crippen molar-refractivity contribution in [3.05, 3.63) is 124 Å². The number of imidazole rings is 1. The lowest BCUT2D eigenvalue weighted by molar-refractivity contribution is -0.138. The number of carbonyl (C=O) groups is 4. The number of hydrogen-bond acceptors (Lipinski definition) is 9. The molecule has 0 spiro atoms. The van der Waals surface area contributed by atoms with E-state index in [-0.39, 0.29) is 59.4 Å². The zero-order chi connectivity index (χ0) is 44.0. The number of imide groups is 1. The minimum atomic E-state index is -4.67. The summed E-state index contributed by atoms with van der Waals surface area (Å²) in [6, 6.07) is 15.1. The van der Waals surface area contributed by atoms with E-state index in [0.29, 0.717) is 68.3 Å². The van der Waals surface area contributed by atoms with Gasteiger partial charge in [0.1, 0.15) is 17.6 Å². The predicted molar refractivity (Wildman–Crippen MR) is 224 cm³/mol. The molecule has 6 heterocycles. The first kappa shape index (κ1) is 41.7. The van der Waals surface area contributed by atoms with Crippen LogP contribution < -0.4 is 15.5 Å². The highest BCUT2D eigenvalue weighted by atomic mass is 19.4. The van der Waals surface area contributed by atoms with Crippen LogP contribution in [0.25, 0.3) is 5.65 Å². The third-order valence-electron chi connectivity index (χ3n) is 12.5. The number of piperazine rings is 1. The third kappa shape index (κ3) is 8.48. The first-order valence-corrected chi connectivity index (χ1v) is 20.9. The molecule has 3 aromatic carbocycles.